The topological polar surface area (TPSA) is 51.2 Å². The third kappa shape index (κ3) is 2.31. The monoisotopic (exact) mass is 338 g/mol. The molecular weight excluding hydrogens is 332 g/mol. The molecule has 0 spiro atoms. The Bertz CT molecular complexity index is 663. The smallest absolute Gasteiger partial charge is 0.271 e. The van der Waals surface area contributed by atoms with Crippen LogP contribution in [-0.4, -0.2) is 10.9 Å². The highest BCUT2D eigenvalue weighted by atomic mass is 79.9. The number of carbonyl (C=O) groups is 1. The van der Waals surface area contributed by atoms with Crippen molar-refractivity contribution < 1.29 is 9.53 Å². The van der Waals surface area contributed by atoms with E-state index in [9.17, 15) is 4.79 Å². The molecule has 0 fully saturated rings. The predicted octanol–water partition coefficient (Wildman–Crippen LogP) is 3.57. The van der Waals surface area contributed by atoms with Crippen molar-refractivity contribution in [2.45, 2.75) is 6.10 Å². The van der Waals surface area contributed by atoms with E-state index in [4.69, 9.17) is 16.3 Å². The van der Waals surface area contributed by atoms with Crippen molar-refractivity contribution >= 4 is 39.3 Å². The van der Waals surface area contributed by atoms with Gasteiger partial charge in [0.15, 0.2) is 11.6 Å². The Balaban J connectivity index is 2.02. The zero-order chi connectivity index (χ0) is 13.4. The Morgan fingerprint density at radius 1 is 1.37 bits per heavy atom. The van der Waals surface area contributed by atoms with Crippen LogP contribution in [0.2, 0.25) is 5.02 Å². The van der Waals surface area contributed by atoms with Crippen molar-refractivity contribution in [1.82, 2.24) is 4.98 Å². The third-order valence-corrected chi connectivity index (χ3v) is 3.66. The quantitative estimate of drug-likeness (QED) is 0.864. The van der Waals surface area contributed by atoms with Gasteiger partial charge in [0.2, 0.25) is 6.10 Å². The molecule has 1 unspecified atom stereocenters. The fourth-order valence-electron chi connectivity index (χ4n) is 1.86. The summed E-state index contributed by atoms with van der Waals surface area (Å²) in [5, 5.41) is 3.17. The maximum atomic E-state index is 12.1. The van der Waals surface area contributed by atoms with Gasteiger partial charge < -0.3 is 10.1 Å². The number of nitrogens with one attached hydrogen (secondary N) is 1. The fraction of sp³-hybridized carbons (Fsp3) is 0.0769. The van der Waals surface area contributed by atoms with E-state index in [2.05, 4.69) is 26.2 Å². The van der Waals surface area contributed by atoms with E-state index in [0.29, 0.717) is 16.6 Å². The summed E-state index contributed by atoms with van der Waals surface area (Å²) < 4.78 is 6.52. The van der Waals surface area contributed by atoms with Crippen LogP contribution in [0.4, 0.5) is 5.82 Å². The van der Waals surface area contributed by atoms with Crippen molar-refractivity contribution in [3.05, 3.63) is 51.6 Å². The third-order valence-electron chi connectivity index (χ3n) is 2.73. The Labute approximate surface area is 122 Å². The summed E-state index contributed by atoms with van der Waals surface area (Å²) in [7, 11) is 0. The van der Waals surface area contributed by atoms with Crippen LogP contribution in [0.15, 0.2) is 41.0 Å². The first-order valence-electron chi connectivity index (χ1n) is 5.52. The molecule has 1 amide bonds. The van der Waals surface area contributed by atoms with Crippen LogP contribution in [0, 0.1) is 0 Å². The molecule has 3 rings (SSSR count). The van der Waals surface area contributed by atoms with E-state index in [1.165, 1.54) is 6.20 Å². The molecule has 0 saturated heterocycles. The normalized spacial score (nSPS) is 17.4. The van der Waals surface area contributed by atoms with Crippen LogP contribution in [0.1, 0.15) is 11.7 Å². The second kappa shape index (κ2) is 4.83. The molecule has 2 heterocycles. The minimum absolute atomic E-state index is 0.255. The van der Waals surface area contributed by atoms with Crippen LogP contribution in [0.5, 0.6) is 5.75 Å². The van der Waals surface area contributed by atoms with Crippen LogP contribution >= 0.6 is 27.5 Å². The maximum absolute atomic E-state index is 12.1. The highest BCUT2D eigenvalue weighted by molar-refractivity contribution is 9.10. The lowest BCUT2D eigenvalue weighted by molar-refractivity contribution is -0.123. The first kappa shape index (κ1) is 12.4. The zero-order valence-corrected chi connectivity index (χ0v) is 11.9. The van der Waals surface area contributed by atoms with Crippen LogP contribution in [0.25, 0.3) is 0 Å². The lowest BCUT2D eigenvalue weighted by Crippen LogP contribution is -2.30. The molecule has 0 saturated carbocycles. The van der Waals surface area contributed by atoms with Crippen molar-refractivity contribution in [2.75, 3.05) is 5.32 Å². The van der Waals surface area contributed by atoms with Crippen molar-refractivity contribution in [3.63, 3.8) is 0 Å². The lowest BCUT2D eigenvalue weighted by Gasteiger charge is -2.25. The van der Waals surface area contributed by atoms with Gasteiger partial charge in [0.1, 0.15) is 0 Å². The molecule has 1 aromatic carbocycles. The van der Waals surface area contributed by atoms with Gasteiger partial charge in [-0.05, 0) is 6.07 Å². The molecule has 0 bridgehead atoms. The molecule has 0 radical (unpaired) electrons. The SMILES string of the molecule is O=C1Nc2ncc(Cl)cc2OC1c1ccccc1Br. The summed E-state index contributed by atoms with van der Waals surface area (Å²) in [4.78, 5) is 16.1. The molecule has 1 N–H and O–H groups in total. The van der Waals surface area contributed by atoms with E-state index in [1.807, 2.05) is 24.3 Å². The minimum atomic E-state index is -0.719. The number of carbonyl (C=O) groups excluding carboxylic acids is 1. The number of hydrogen-bond donors (Lipinski definition) is 1. The van der Waals surface area contributed by atoms with Gasteiger partial charge in [-0.2, -0.15) is 0 Å². The van der Waals surface area contributed by atoms with Crippen LogP contribution in [-0.2, 0) is 4.79 Å². The first-order chi connectivity index (χ1) is 9.15. The van der Waals surface area contributed by atoms with E-state index in [-0.39, 0.29) is 5.91 Å². The van der Waals surface area contributed by atoms with E-state index < -0.39 is 6.10 Å². The largest absolute Gasteiger partial charge is 0.472 e. The van der Waals surface area contributed by atoms with E-state index in [0.717, 1.165) is 10.0 Å². The van der Waals surface area contributed by atoms with E-state index >= 15 is 0 Å². The highest BCUT2D eigenvalue weighted by Gasteiger charge is 2.31. The fourth-order valence-corrected chi connectivity index (χ4v) is 2.50. The Morgan fingerprint density at radius 2 is 2.16 bits per heavy atom. The molecule has 2 aromatic rings. The van der Waals surface area contributed by atoms with Gasteiger partial charge >= 0.3 is 0 Å². The maximum Gasteiger partial charge on any atom is 0.271 e. The van der Waals surface area contributed by atoms with Crippen molar-refractivity contribution in [1.29, 1.82) is 0 Å². The molecule has 0 aliphatic carbocycles. The van der Waals surface area contributed by atoms with Gasteiger partial charge in [0.25, 0.3) is 5.91 Å². The minimum Gasteiger partial charge on any atom is -0.472 e. The molecule has 1 atom stereocenters. The van der Waals surface area contributed by atoms with Crippen LogP contribution < -0.4 is 10.1 Å². The average molecular weight is 340 g/mol. The summed E-state index contributed by atoms with van der Waals surface area (Å²) in [6.07, 6.45) is 0.742. The van der Waals surface area contributed by atoms with Gasteiger partial charge in [0.05, 0.1) is 5.02 Å². The average Bonchev–Trinajstić information content (AvgIpc) is 2.39. The van der Waals surface area contributed by atoms with Crippen LogP contribution in [0.3, 0.4) is 0 Å². The number of nitrogens with zero attached hydrogens (tertiary/aromatic N) is 1. The number of fused-ring (bicyclic) bond motifs is 1. The molecule has 6 heteroatoms. The highest BCUT2D eigenvalue weighted by Crippen LogP contribution is 2.36. The molecule has 1 aromatic heterocycles. The second-order valence-electron chi connectivity index (χ2n) is 4.01. The van der Waals surface area contributed by atoms with E-state index in [1.54, 1.807) is 6.07 Å². The second-order valence-corrected chi connectivity index (χ2v) is 5.30. The molecular formula is C13H8BrClN2O2. The van der Waals surface area contributed by atoms with Gasteiger partial charge in [-0.25, -0.2) is 4.98 Å². The van der Waals surface area contributed by atoms with Gasteiger partial charge in [-0.15, -0.1) is 0 Å². The van der Waals surface area contributed by atoms with Gasteiger partial charge in [-0.3, -0.25) is 4.79 Å². The van der Waals surface area contributed by atoms with Gasteiger partial charge in [-0.1, -0.05) is 45.7 Å². The van der Waals surface area contributed by atoms with Gasteiger partial charge in [0, 0.05) is 22.3 Å². The lowest BCUT2D eigenvalue weighted by atomic mass is 10.1. The molecule has 19 heavy (non-hydrogen) atoms. The number of halogens is 2. The first-order valence-corrected chi connectivity index (χ1v) is 6.70. The van der Waals surface area contributed by atoms with Crippen molar-refractivity contribution in [3.8, 4) is 5.75 Å². The standard InChI is InChI=1S/C13H8BrClN2O2/c14-9-4-2-1-3-8(9)11-13(18)17-12-10(19-11)5-7(15)6-16-12/h1-6,11H,(H,16,17,18). The predicted molar refractivity (Wildman–Crippen MR) is 75.4 cm³/mol. The Hall–Kier alpha value is -1.59. The summed E-state index contributed by atoms with van der Waals surface area (Å²) >= 11 is 9.29. The van der Waals surface area contributed by atoms with Crippen molar-refractivity contribution in [2.24, 2.45) is 0 Å². The number of ether oxygens (including phenoxy) is 1. The Kier molecular flexibility index (Phi) is 3.16. The zero-order valence-electron chi connectivity index (χ0n) is 9.56. The number of amides is 1. The number of pyridine rings is 1. The number of benzene rings is 1. The number of anilines is 1. The number of hydrogen-bond acceptors (Lipinski definition) is 3. The molecule has 96 valence electrons. The summed E-state index contributed by atoms with van der Waals surface area (Å²) in [5.74, 6) is 0.597. The number of aromatic nitrogens is 1. The molecule has 1 aliphatic rings. The summed E-state index contributed by atoms with van der Waals surface area (Å²) in [6.45, 7) is 0. The summed E-state index contributed by atoms with van der Waals surface area (Å²) in [6, 6.07) is 9.05. The molecule has 1 aliphatic heterocycles. The number of rotatable bonds is 1. The summed E-state index contributed by atoms with van der Waals surface area (Å²) in [5.41, 5.74) is 0.755. The molecule has 4 nitrogen and oxygen atoms in total. The Morgan fingerprint density at radius 3 is 2.95 bits per heavy atom.